The van der Waals surface area contributed by atoms with Crippen molar-refractivity contribution in [2.24, 2.45) is 11.7 Å². The van der Waals surface area contributed by atoms with Gasteiger partial charge in [0.2, 0.25) is 11.8 Å². The summed E-state index contributed by atoms with van der Waals surface area (Å²) in [5.41, 5.74) is 6.01. The lowest BCUT2D eigenvalue weighted by molar-refractivity contribution is -0.139. The average Bonchev–Trinajstić information content (AvgIpc) is 2.90. The molecule has 1 saturated carbocycles. The van der Waals surface area contributed by atoms with E-state index in [-0.39, 0.29) is 35.9 Å². The molecular weight excluding hydrogens is 292 g/mol. The SMILES string of the molecule is CN[C@@H](C)C(=O)N[C@H](C(=O)N1C[C@@H](N)C[C@H]1C)C1CCCCC1. The third-order valence-electron chi connectivity index (χ3n) is 5.40. The molecule has 0 radical (unpaired) electrons. The number of hydrogen-bond donors (Lipinski definition) is 3. The standard InChI is InChI=1S/C17H32N4O2/c1-11-9-14(18)10-21(11)17(23)15(13-7-5-4-6-8-13)20-16(22)12(2)19-3/h11-15,19H,4-10,18H2,1-3H3,(H,20,22)/t11-,12+,14+,15+/m1/s1. The molecule has 1 aliphatic carbocycles. The summed E-state index contributed by atoms with van der Waals surface area (Å²) in [5.74, 6) is 0.190. The Hall–Kier alpha value is -1.14. The molecule has 6 heteroatoms. The molecule has 0 spiro atoms. The monoisotopic (exact) mass is 324 g/mol. The summed E-state index contributed by atoms with van der Waals surface area (Å²) in [6.07, 6.45) is 6.37. The average molecular weight is 324 g/mol. The zero-order chi connectivity index (χ0) is 17.0. The lowest BCUT2D eigenvalue weighted by atomic mass is 9.83. The molecule has 0 bridgehead atoms. The van der Waals surface area contributed by atoms with Crippen LogP contribution in [0.15, 0.2) is 0 Å². The van der Waals surface area contributed by atoms with Crippen LogP contribution < -0.4 is 16.4 Å². The molecule has 0 unspecified atom stereocenters. The van der Waals surface area contributed by atoms with Gasteiger partial charge in [0.05, 0.1) is 6.04 Å². The van der Waals surface area contributed by atoms with Crippen LogP contribution in [-0.2, 0) is 9.59 Å². The topological polar surface area (TPSA) is 87.5 Å². The first-order valence-corrected chi connectivity index (χ1v) is 8.97. The predicted octanol–water partition coefficient (Wildman–Crippen LogP) is 0.608. The van der Waals surface area contributed by atoms with E-state index >= 15 is 0 Å². The van der Waals surface area contributed by atoms with Gasteiger partial charge in [-0.2, -0.15) is 0 Å². The van der Waals surface area contributed by atoms with Crippen LogP contribution in [0.3, 0.4) is 0 Å². The minimum atomic E-state index is -0.411. The van der Waals surface area contributed by atoms with E-state index in [1.165, 1.54) is 6.42 Å². The Kier molecular flexibility index (Phi) is 6.41. The van der Waals surface area contributed by atoms with Crippen molar-refractivity contribution in [3.63, 3.8) is 0 Å². The molecule has 4 N–H and O–H groups in total. The Bertz CT molecular complexity index is 423. The molecule has 1 heterocycles. The van der Waals surface area contributed by atoms with E-state index in [1.54, 1.807) is 7.05 Å². The second kappa shape index (κ2) is 8.11. The van der Waals surface area contributed by atoms with Gasteiger partial charge in [-0.25, -0.2) is 0 Å². The van der Waals surface area contributed by atoms with Crippen molar-refractivity contribution in [1.29, 1.82) is 0 Å². The summed E-state index contributed by atoms with van der Waals surface area (Å²) in [5, 5.41) is 5.96. The fourth-order valence-corrected chi connectivity index (χ4v) is 3.82. The Labute approximate surface area is 139 Å². The van der Waals surface area contributed by atoms with Gasteiger partial charge in [0.25, 0.3) is 0 Å². The van der Waals surface area contributed by atoms with E-state index < -0.39 is 6.04 Å². The number of likely N-dealkylation sites (tertiary alicyclic amines) is 1. The van der Waals surface area contributed by atoms with Gasteiger partial charge >= 0.3 is 0 Å². The molecule has 0 aromatic rings. The van der Waals surface area contributed by atoms with Gasteiger partial charge in [0.15, 0.2) is 0 Å². The van der Waals surface area contributed by atoms with Crippen LogP contribution in [0.4, 0.5) is 0 Å². The van der Waals surface area contributed by atoms with Crippen LogP contribution in [-0.4, -0.2) is 54.5 Å². The lowest BCUT2D eigenvalue weighted by Crippen LogP contribution is -2.56. The molecule has 0 aromatic carbocycles. The summed E-state index contributed by atoms with van der Waals surface area (Å²) in [6.45, 7) is 4.45. The molecule has 132 valence electrons. The Morgan fingerprint density at radius 1 is 1.22 bits per heavy atom. The number of nitrogens with one attached hydrogen (secondary N) is 2. The Morgan fingerprint density at radius 2 is 1.87 bits per heavy atom. The molecule has 4 atom stereocenters. The van der Waals surface area contributed by atoms with Crippen LogP contribution in [0.5, 0.6) is 0 Å². The summed E-state index contributed by atoms with van der Waals surface area (Å²) in [6, 6.07) is -0.506. The van der Waals surface area contributed by atoms with E-state index in [9.17, 15) is 9.59 Å². The number of rotatable bonds is 5. The number of nitrogens with two attached hydrogens (primary N) is 1. The van der Waals surface area contributed by atoms with Crippen LogP contribution in [0.25, 0.3) is 0 Å². The molecule has 23 heavy (non-hydrogen) atoms. The van der Waals surface area contributed by atoms with Gasteiger partial charge in [-0.3, -0.25) is 9.59 Å². The number of carbonyl (C=O) groups is 2. The quantitative estimate of drug-likeness (QED) is 0.691. The second-order valence-electron chi connectivity index (χ2n) is 7.23. The Balaban J connectivity index is 2.11. The van der Waals surface area contributed by atoms with Gasteiger partial charge in [-0.1, -0.05) is 19.3 Å². The first-order chi connectivity index (χ1) is 10.9. The summed E-state index contributed by atoms with van der Waals surface area (Å²) in [7, 11) is 1.75. The normalized spacial score (nSPS) is 28.4. The van der Waals surface area contributed by atoms with Crippen LogP contribution >= 0.6 is 0 Å². The number of nitrogens with zero attached hydrogens (tertiary/aromatic N) is 1. The first kappa shape index (κ1) is 18.2. The fraction of sp³-hybridized carbons (Fsp3) is 0.882. The van der Waals surface area contributed by atoms with Crippen molar-refractivity contribution in [3.8, 4) is 0 Å². The molecule has 0 aromatic heterocycles. The highest BCUT2D eigenvalue weighted by atomic mass is 16.2. The van der Waals surface area contributed by atoms with E-state index in [4.69, 9.17) is 5.73 Å². The highest BCUT2D eigenvalue weighted by molar-refractivity contribution is 5.90. The third kappa shape index (κ3) is 4.44. The highest BCUT2D eigenvalue weighted by Gasteiger charge is 2.39. The van der Waals surface area contributed by atoms with Gasteiger partial charge in [0, 0.05) is 18.6 Å². The van der Waals surface area contributed by atoms with E-state index in [1.807, 2.05) is 18.7 Å². The zero-order valence-electron chi connectivity index (χ0n) is 14.7. The zero-order valence-corrected chi connectivity index (χ0v) is 14.7. The Morgan fingerprint density at radius 3 is 2.39 bits per heavy atom. The maximum Gasteiger partial charge on any atom is 0.245 e. The van der Waals surface area contributed by atoms with Crippen LogP contribution in [0.1, 0.15) is 52.4 Å². The first-order valence-electron chi connectivity index (χ1n) is 8.97. The number of amides is 2. The third-order valence-corrected chi connectivity index (χ3v) is 5.40. The van der Waals surface area contributed by atoms with Crippen LogP contribution in [0.2, 0.25) is 0 Å². The second-order valence-corrected chi connectivity index (χ2v) is 7.23. The van der Waals surface area contributed by atoms with Crippen molar-refractivity contribution in [1.82, 2.24) is 15.5 Å². The summed E-state index contributed by atoms with van der Waals surface area (Å²) < 4.78 is 0. The number of carbonyl (C=O) groups excluding carboxylic acids is 2. The minimum absolute atomic E-state index is 0.0490. The van der Waals surface area contributed by atoms with Gasteiger partial charge in [-0.15, -0.1) is 0 Å². The highest BCUT2D eigenvalue weighted by Crippen LogP contribution is 2.29. The molecule has 1 aliphatic heterocycles. The molecule has 2 aliphatic rings. The van der Waals surface area contributed by atoms with E-state index in [2.05, 4.69) is 10.6 Å². The maximum absolute atomic E-state index is 13.1. The molecule has 2 rings (SSSR count). The van der Waals surface area contributed by atoms with Crippen molar-refractivity contribution >= 4 is 11.8 Å². The van der Waals surface area contributed by atoms with Crippen molar-refractivity contribution in [2.45, 2.75) is 76.5 Å². The fourth-order valence-electron chi connectivity index (χ4n) is 3.82. The lowest BCUT2D eigenvalue weighted by Gasteiger charge is -2.34. The van der Waals surface area contributed by atoms with Crippen molar-refractivity contribution < 1.29 is 9.59 Å². The largest absolute Gasteiger partial charge is 0.343 e. The summed E-state index contributed by atoms with van der Waals surface area (Å²) in [4.78, 5) is 27.3. The molecule has 6 nitrogen and oxygen atoms in total. The van der Waals surface area contributed by atoms with E-state index in [0.717, 1.165) is 32.1 Å². The summed E-state index contributed by atoms with van der Waals surface area (Å²) >= 11 is 0. The number of likely N-dealkylation sites (N-methyl/N-ethyl adjacent to an activating group) is 1. The molecular formula is C17H32N4O2. The predicted molar refractivity (Wildman–Crippen MR) is 90.8 cm³/mol. The smallest absolute Gasteiger partial charge is 0.245 e. The van der Waals surface area contributed by atoms with Gasteiger partial charge in [-0.05, 0) is 46.1 Å². The molecule has 1 saturated heterocycles. The van der Waals surface area contributed by atoms with E-state index in [0.29, 0.717) is 6.54 Å². The van der Waals surface area contributed by atoms with Gasteiger partial charge in [0.1, 0.15) is 6.04 Å². The van der Waals surface area contributed by atoms with Crippen molar-refractivity contribution in [2.75, 3.05) is 13.6 Å². The number of hydrogen-bond acceptors (Lipinski definition) is 4. The maximum atomic E-state index is 13.1. The minimum Gasteiger partial charge on any atom is -0.343 e. The molecule has 2 amide bonds. The van der Waals surface area contributed by atoms with Crippen molar-refractivity contribution in [3.05, 3.63) is 0 Å². The van der Waals surface area contributed by atoms with Crippen LogP contribution in [0, 0.1) is 5.92 Å². The van der Waals surface area contributed by atoms with Gasteiger partial charge < -0.3 is 21.3 Å². The molecule has 2 fully saturated rings.